The van der Waals surface area contributed by atoms with Crippen LogP contribution in [0.5, 0.6) is 0 Å². The molecule has 4 nitrogen and oxygen atoms in total. The van der Waals surface area contributed by atoms with Crippen LogP contribution in [0.2, 0.25) is 0 Å². The maximum Gasteiger partial charge on any atom is 0.239 e. The van der Waals surface area contributed by atoms with Crippen molar-refractivity contribution in [3.63, 3.8) is 0 Å². The molecule has 4 heteroatoms. The molecular weight excluding hydrogens is 166 g/mol. The highest BCUT2D eigenvalue weighted by Crippen LogP contribution is 1.92. The van der Waals surface area contributed by atoms with Crippen molar-refractivity contribution in [2.24, 2.45) is 0 Å². The first-order chi connectivity index (χ1) is 6.13. The minimum atomic E-state index is -0.0837. The Morgan fingerprint density at radius 1 is 1.46 bits per heavy atom. The second-order valence-electron chi connectivity index (χ2n) is 3.23. The number of amides is 1. The highest BCUT2D eigenvalue weighted by atomic mass is 16.2. The minimum Gasteiger partial charge on any atom is -0.344 e. The van der Waals surface area contributed by atoms with E-state index in [0.29, 0.717) is 0 Å². The topological polar surface area (TPSA) is 44.4 Å². The molecule has 1 unspecified atom stereocenters. The smallest absolute Gasteiger partial charge is 0.239 e. The van der Waals surface area contributed by atoms with Gasteiger partial charge < -0.3 is 15.5 Å². The molecule has 0 saturated heterocycles. The van der Waals surface area contributed by atoms with Crippen LogP contribution in [0.25, 0.3) is 0 Å². The molecule has 0 fully saturated rings. The highest BCUT2D eigenvalue weighted by molar-refractivity contribution is 5.81. The average molecular weight is 187 g/mol. The zero-order valence-corrected chi connectivity index (χ0v) is 9.05. The van der Waals surface area contributed by atoms with Crippen molar-refractivity contribution in [2.45, 2.75) is 19.4 Å². The zero-order chi connectivity index (χ0) is 10.3. The molecule has 0 saturated carbocycles. The summed E-state index contributed by atoms with van der Waals surface area (Å²) >= 11 is 0. The van der Waals surface area contributed by atoms with Gasteiger partial charge in [-0.25, -0.2) is 0 Å². The van der Waals surface area contributed by atoms with Crippen molar-refractivity contribution in [1.82, 2.24) is 15.5 Å². The van der Waals surface area contributed by atoms with Crippen molar-refractivity contribution >= 4 is 5.91 Å². The monoisotopic (exact) mass is 187 g/mol. The van der Waals surface area contributed by atoms with Crippen LogP contribution in [0.4, 0.5) is 0 Å². The van der Waals surface area contributed by atoms with E-state index in [1.54, 1.807) is 11.9 Å². The summed E-state index contributed by atoms with van der Waals surface area (Å²) in [6.07, 6.45) is 0.995. The van der Waals surface area contributed by atoms with Crippen LogP contribution >= 0.6 is 0 Å². The molecule has 0 spiro atoms. The van der Waals surface area contributed by atoms with E-state index in [2.05, 4.69) is 10.6 Å². The van der Waals surface area contributed by atoms with E-state index >= 15 is 0 Å². The maximum atomic E-state index is 11.5. The molecule has 0 aliphatic rings. The Morgan fingerprint density at radius 3 is 2.54 bits per heavy atom. The Kier molecular flexibility index (Phi) is 6.54. The minimum absolute atomic E-state index is 0.0837. The number of hydrogen-bond donors (Lipinski definition) is 2. The lowest BCUT2D eigenvalue weighted by Crippen LogP contribution is -2.42. The zero-order valence-electron chi connectivity index (χ0n) is 9.05. The van der Waals surface area contributed by atoms with Gasteiger partial charge in [-0.1, -0.05) is 0 Å². The molecule has 0 aromatic heterocycles. The number of nitrogens with one attached hydrogen (secondary N) is 2. The summed E-state index contributed by atoms with van der Waals surface area (Å²) in [4.78, 5) is 13.3. The van der Waals surface area contributed by atoms with Gasteiger partial charge in [-0.3, -0.25) is 4.79 Å². The molecule has 0 aromatic carbocycles. The molecule has 78 valence electrons. The normalized spacial score (nSPS) is 12.6. The van der Waals surface area contributed by atoms with Gasteiger partial charge in [-0.15, -0.1) is 0 Å². The van der Waals surface area contributed by atoms with Crippen LogP contribution in [0.1, 0.15) is 13.3 Å². The third kappa shape index (κ3) is 4.85. The van der Waals surface area contributed by atoms with Gasteiger partial charge in [0.2, 0.25) is 5.91 Å². The average Bonchev–Trinajstić information content (AvgIpc) is 2.15. The predicted molar refractivity (Wildman–Crippen MR) is 54.7 cm³/mol. The van der Waals surface area contributed by atoms with Crippen molar-refractivity contribution in [3.8, 4) is 0 Å². The predicted octanol–water partition coefficient (Wildman–Crippen LogP) is -0.338. The Hall–Kier alpha value is -0.610. The third-order valence-electron chi connectivity index (χ3n) is 2.10. The van der Waals surface area contributed by atoms with Crippen molar-refractivity contribution in [3.05, 3.63) is 0 Å². The molecule has 0 rings (SSSR count). The first-order valence-corrected chi connectivity index (χ1v) is 4.70. The molecular formula is C9H21N3O. The summed E-state index contributed by atoms with van der Waals surface area (Å²) in [6, 6.07) is -0.0837. The molecule has 13 heavy (non-hydrogen) atoms. The number of hydrogen-bond acceptors (Lipinski definition) is 3. The molecule has 1 atom stereocenters. The molecule has 0 heterocycles. The van der Waals surface area contributed by atoms with Gasteiger partial charge in [-0.2, -0.15) is 0 Å². The Labute approximate surface area is 80.7 Å². The summed E-state index contributed by atoms with van der Waals surface area (Å²) in [6.45, 7) is 3.63. The lowest BCUT2D eigenvalue weighted by molar-refractivity contribution is -0.131. The van der Waals surface area contributed by atoms with Crippen LogP contribution in [0.3, 0.4) is 0 Å². The van der Waals surface area contributed by atoms with Gasteiger partial charge in [0.25, 0.3) is 0 Å². The number of rotatable bonds is 6. The van der Waals surface area contributed by atoms with E-state index in [0.717, 1.165) is 19.5 Å². The lowest BCUT2D eigenvalue weighted by Gasteiger charge is -2.20. The van der Waals surface area contributed by atoms with Gasteiger partial charge in [0.15, 0.2) is 0 Å². The van der Waals surface area contributed by atoms with Gasteiger partial charge >= 0.3 is 0 Å². The van der Waals surface area contributed by atoms with E-state index in [4.69, 9.17) is 0 Å². The number of carbonyl (C=O) groups excluding carboxylic acids is 1. The first-order valence-electron chi connectivity index (χ1n) is 4.70. The SMILES string of the molecule is CNCCCN(C)C(=O)C(C)NC. The summed E-state index contributed by atoms with van der Waals surface area (Å²) in [7, 11) is 5.55. The van der Waals surface area contributed by atoms with Gasteiger partial charge in [0.1, 0.15) is 0 Å². The molecule has 1 amide bonds. The van der Waals surface area contributed by atoms with Crippen molar-refractivity contribution < 1.29 is 4.79 Å². The second kappa shape index (κ2) is 6.86. The fraction of sp³-hybridized carbons (Fsp3) is 0.889. The number of likely N-dealkylation sites (N-methyl/N-ethyl adjacent to an activating group) is 2. The Bertz CT molecular complexity index is 150. The van der Waals surface area contributed by atoms with E-state index in [1.807, 2.05) is 21.0 Å². The fourth-order valence-corrected chi connectivity index (χ4v) is 1.06. The van der Waals surface area contributed by atoms with Crippen LogP contribution in [0.15, 0.2) is 0 Å². The van der Waals surface area contributed by atoms with Gasteiger partial charge in [-0.05, 0) is 34.0 Å². The van der Waals surface area contributed by atoms with Crippen LogP contribution in [0, 0.1) is 0 Å². The molecule has 0 bridgehead atoms. The summed E-state index contributed by atoms with van der Waals surface area (Å²) in [5.74, 6) is 0.151. The molecule has 2 N–H and O–H groups in total. The van der Waals surface area contributed by atoms with Crippen LogP contribution in [-0.4, -0.2) is 51.1 Å². The molecule has 0 aromatic rings. The molecule has 0 aliphatic carbocycles. The standard InChI is InChI=1S/C9H21N3O/c1-8(11-3)9(13)12(4)7-5-6-10-2/h8,10-11H,5-7H2,1-4H3. The highest BCUT2D eigenvalue weighted by Gasteiger charge is 2.14. The Morgan fingerprint density at radius 2 is 2.08 bits per heavy atom. The summed E-state index contributed by atoms with van der Waals surface area (Å²) < 4.78 is 0. The van der Waals surface area contributed by atoms with Crippen LogP contribution in [-0.2, 0) is 4.79 Å². The van der Waals surface area contributed by atoms with Crippen molar-refractivity contribution in [1.29, 1.82) is 0 Å². The first kappa shape index (κ1) is 12.4. The Balaban J connectivity index is 3.69. The van der Waals surface area contributed by atoms with Crippen LogP contribution < -0.4 is 10.6 Å². The lowest BCUT2D eigenvalue weighted by atomic mass is 10.3. The number of nitrogens with zero attached hydrogens (tertiary/aromatic N) is 1. The van der Waals surface area contributed by atoms with Crippen molar-refractivity contribution in [2.75, 3.05) is 34.2 Å². The fourth-order valence-electron chi connectivity index (χ4n) is 1.06. The maximum absolute atomic E-state index is 11.5. The van der Waals surface area contributed by atoms with E-state index in [1.165, 1.54) is 0 Å². The molecule has 0 radical (unpaired) electrons. The van der Waals surface area contributed by atoms with Gasteiger partial charge in [0.05, 0.1) is 6.04 Å². The largest absolute Gasteiger partial charge is 0.344 e. The molecule has 0 aliphatic heterocycles. The van der Waals surface area contributed by atoms with E-state index < -0.39 is 0 Å². The second-order valence-corrected chi connectivity index (χ2v) is 3.23. The van der Waals surface area contributed by atoms with Gasteiger partial charge in [0, 0.05) is 13.6 Å². The summed E-state index contributed by atoms with van der Waals surface area (Å²) in [5.41, 5.74) is 0. The quantitative estimate of drug-likeness (QED) is 0.559. The van der Waals surface area contributed by atoms with E-state index in [-0.39, 0.29) is 11.9 Å². The van der Waals surface area contributed by atoms with E-state index in [9.17, 15) is 4.79 Å². The third-order valence-corrected chi connectivity index (χ3v) is 2.10. The summed E-state index contributed by atoms with van der Waals surface area (Å²) in [5, 5.41) is 5.98. The number of carbonyl (C=O) groups is 1.